The standard InChI is InChI=1S/C18H29NO/c1-4-7-8-13-16-15(10-5-2)12-9-14-17(16)19-18(20)11-6-3/h9,12,14H,4-8,10-11,13H2,1-3H3,(H,19,20). The number of amides is 1. The van der Waals surface area contributed by atoms with E-state index in [-0.39, 0.29) is 5.91 Å². The highest BCUT2D eigenvalue weighted by atomic mass is 16.1. The van der Waals surface area contributed by atoms with Crippen molar-refractivity contribution < 1.29 is 4.79 Å². The Morgan fingerprint density at radius 3 is 2.45 bits per heavy atom. The van der Waals surface area contributed by atoms with Gasteiger partial charge in [0.05, 0.1) is 0 Å². The van der Waals surface area contributed by atoms with Crippen LogP contribution in [0.5, 0.6) is 0 Å². The van der Waals surface area contributed by atoms with Gasteiger partial charge in [0.1, 0.15) is 0 Å². The minimum absolute atomic E-state index is 0.137. The van der Waals surface area contributed by atoms with Crippen LogP contribution in [0.25, 0.3) is 0 Å². The summed E-state index contributed by atoms with van der Waals surface area (Å²) in [6.45, 7) is 6.47. The lowest BCUT2D eigenvalue weighted by atomic mass is 9.96. The Bertz CT molecular complexity index is 412. The summed E-state index contributed by atoms with van der Waals surface area (Å²) in [6, 6.07) is 6.32. The monoisotopic (exact) mass is 275 g/mol. The van der Waals surface area contributed by atoms with Gasteiger partial charge in [-0.15, -0.1) is 0 Å². The number of nitrogens with one attached hydrogen (secondary N) is 1. The van der Waals surface area contributed by atoms with Gasteiger partial charge in [-0.05, 0) is 42.9 Å². The van der Waals surface area contributed by atoms with Gasteiger partial charge in [-0.25, -0.2) is 0 Å². The van der Waals surface area contributed by atoms with E-state index < -0.39 is 0 Å². The number of hydrogen-bond acceptors (Lipinski definition) is 1. The molecule has 0 bridgehead atoms. The average Bonchev–Trinajstić information content (AvgIpc) is 2.42. The van der Waals surface area contributed by atoms with Crippen molar-refractivity contribution >= 4 is 11.6 Å². The van der Waals surface area contributed by atoms with E-state index in [1.54, 1.807) is 0 Å². The number of hydrogen-bond donors (Lipinski definition) is 1. The van der Waals surface area contributed by atoms with Gasteiger partial charge >= 0.3 is 0 Å². The van der Waals surface area contributed by atoms with Crippen molar-refractivity contribution in [2.45, 2.75) is 72.1 Å². The fourth-order valence-electron chi connectivity index (χ4n) is 2.54. The number of unbranched alkanes of at least 4 members (excludes halogenated alkanes) is 2. The zero-order chi connectivity index (χ0) is 14.8. The van der Waals surface area contributed by atoms with Crippen LogP contribution < -0.4 is 5.32 Å². The second-order valence-corrected chi connectivity index (χ2v) is 5.45. The van der Waals surface area contributed by atoms with Crippen LogP contribution in [0.4, 0.5) is 5.69 Å². The maximum absolute atomic E-state index is 11.9. The first-order chi connectivity index (χ1) is 9.72. The van der Waals surface area contributed by atoms with Crippen molar-refractivity contribution in [3.63, 3.8) is 0 Å². The average molecular weight is 275 g/mol. The molecule has 2 heteroatoms. The molecule has 0 aromatic heterocycles. The molecule has 0 fully saturated rings. The minimum atomic E-state index is 0.137. The second-order valence-electron chi connectivity index (χ2n) is 5.45. The summed E-state index contributed by atoms with van der Waals surface area (Å²) in [5.41, 5.74) is 3.79. The van der Waals surface area contributed by atoms with Crippen molar-refractivity contribution in [1.82, 2.24) is 0 Å². The van der Waals surface area contributed by atoms with Gasteiger partial charge in [-0.3, -0.25) is 4.79 Å². The summed E-state index contributed by atoms with van der Waals surface area (Å²) in [5, 5.41) is 3.10. The molecule has 0 atom stereocenters. The normalized spacial score (nSPS) is 10.6. The number of carbonyl (C=O) groups excluding carboxylic acids is 1. The first kappa shape index (κ1) is 16.7. The number of aryl methyl sites for hydroxylation is 1. The van der Waals surface area contributed by atoms with Crippen LogP contribution in [0.15, 0.2) is 18.2 Å². The molecule has 0 aliphatic heterocycles. The molecule has 112 valence electrons. The number of benzene rings is 1. The summed E-state index contributed by atoms with van der Waals surface area (Å²) < 4.78 is 0. The molecule has 0 radical (unpaired) electrons. The molecule has 1 rings (SSSR count). The van der Waals surface area contributed by atoms with Crippen molar-refractivity contribution in [2.24, 2.45) is 0 Å². The van der Waals surface area contributed by atoms with E-state index in [2.05, 4.69) is 31.3 Å². The lowest BCUT2D eigenvalue weighted by molar-refractivity contribution is -0.116. The fourth-order valence-corrected chi connectivity index (χ4v) is 2.54. The molecule has 0 spiro atoms. The molecule has 1 aromatic carbocycles. The van der Waals surface area contributed by atoms with Crippen LogP contribution in [-0.4, -0.2) is 5.91 Å². The molecular weight excluding hydrogens is 246 g/mol. The third kappa shape index (κ3) is 5.36. The maximum atomic E-state index is 11.9. The van der Waals surface area contributed by atoms with E-state index in [4.69, 9.17) is 0 Å². The zero-order valence-corrected chi connectivity index (χ0v) is 13.3. The molecule has 20 heavy (non-hydrogen) atoms. The van der Waals surface area contributed by atoms with Gasteiger partial charge in [-0.1, -0.05) is 52.2 Å². The molecule has 0 heterocycles. The van der Waals surface area contributed by atoms with Gasteiger partial charge in [0, 0.05) is 12.1 Å². The molecule has 2 nitrogen and oxygen atoms in total. The van der Waals surface area contributed by atoms with Crippen LogP contribution in [0.2, 0.25) is 0 Å². The first-order valence-corrected chi connectivity index (χ1v) is 8.13. The summed E-state index contributed by atoms with van der Waals surface area (Å²) in [5.74, 6) is 0.137. The Morgan fingerprint density at radius 2 is 1.80 bits per heavy atom. The second kappa shape index (κ2) is 9.57. The highest BCUT2D eigenvalue weighted by Crippen LogP contribution is 2.24. The highest BCUT2D eigenvalue weighted by molar-refractivity contribution is 5.91. The van der Waals surface area contributed by atoms with Gasteiger partial charge in [-0.2, -0.15) is 0 Å². The number of anilines is 1. The summed E-state index contributed by atoms with van der Waals surface area (Å²) in [6.07, 6.45) is 8.50. The molecule has 0 saturated heterocycles. The fraction of sp³-hybridized carbons (Fsp3) is 0.611. The quantitative estimate of drug-likeness (QED) is 0.623. The molecule has 0 aliphatic rings. The molecular formula is C18H29NO. The van der Waals surface area contributed by atoms with Crippen molar-refractivity contribution in [1.29, 1.82) is 0 Å². The van der Waals surface area contributed by atoms with Crippen LogP contribution >= 0.6 is 0 Å². The van der Waals surface area contributed by atoms with E-state index >= 15 is 0 Å². The van der Waals surface area contributed by atoms with Crippen molar-refractivity contribution in [3.05, 3.63) is 29.3 Å². The first-order valence-electron chi connectivity index (χ1n) is 8.13. The summed E-state index contributed by atoms with van der Waals surface area (Å²) in [7, 11) is 0. The zero-order valence-electron chi connectivity index (χ0n) is 13.3. The predicted octanol–water partition coefficient (Wildman–Crippen LogP) is 5.11. The molecule has 1 N–H and O–H groups in total. The van der Waals surface area contributed by atoms with E-state index in [1.807, 2.05) is 13.0 Å². The van der Waals surface area contributed by atoms with E-state index in [1.165, 1.54) is 30.4 Å². The Hall–Kier alpha value is -1.31. The van der Waals surface area contributed by atoms with Crippen molar-refractivity contribution in [3.8, 4) is 0 Å². The molecule has 0 saturated carbocycles. The minimum Gasteiger partial charge on any atom is -0.326 e. The van der Waals surface area contributed by atoms with Gasteiger partial charge in [0.2, 0.25) is 5.91 Å². The number of rotatable bonds is 9. The third-order valence-electron chi connectivity index (χ3n) is 3.57. The van der Waals surface area contributed by atoms with Gasteiger partial charge in [0.15, 0.2) is 0 Å². The number of carbonyl (C=O) groups is 1. The van der Waals surface area contributed by atoms with E-state index in [9.17, 15) is 4.79 Å². The van der Waals surface area contributed by atoms with Crippen LogP contribution in [0, 0.1) is 0 Å². The topological polar surface area (TPSA) is 29.1 Å². The van der Waals surface area contributed by atoms with Crippen LogP contribution in [-0.2, 0) is 17.6 Å². The maximum Gasteiger partial charge on any atom is 0.224 e. The van der Waals surface area contributed by atoms with E-state index in [0.717, 1.165) is 31.4 Å². The lowest BCUT2D eigenvalue weighted by Crippen LogP contribution is -2.13. The van der Waals surface area contributed by atoms with Crippen LogP contribution in [0.1, 0.15) is 70.4 Å². The largest absolute Gasteiger partial charge is 0.326 e. The van der Waals surface area contributed by atoms with Gasteiger partial charge in [0.25, 0.3) is 0 Å². The van der Waals surface area contributed by atoms with E-state index in [0.29, 0.717) is 6.42 Å². The molecule has 1 aromatic rings. The summed E-state index contributed by atoms with van der Waals surface area (Å²) >= 11 is 0. The smallest absolute Gasteiger partial charge is 0.224 e. The third-order valence-corrected chi connectivity index (χ3v) is 3.57. The molecule has 0 aliphatic carbocycles. The SMILES string of the molecule is CCCCCc1c(CCC)cccc1NC(=O)CCC. The Labute approximate surface area is 124 Å². The Kier molecular flexibility index (Phi) is 8.01. The lowest BCUT2D eigenvalue weighted by Gasteiger charge is -2.15. The molecule has 0 unspecified atom stereocenters. The van der Waals surface area contributed by atoms with Gasteiger partial charge < -0.3 is 5.32 Å². The predicted molar refractivity (Wildman–Crippen MR) is 87.2 cm³/mol. The van der Waals surface area contributed by atoms with Crippen molar-refractivity contribution in [2.75, 3.05) is 5.32 Å². The Balaban J connectivity index is 2.89. The van der Waals surface area contributed by atoms with Crippen LogP contribution in [0.3, 0.4) is 0 Å². The molecule has 1 amide bonds. The summed E-state index contributed by atoms with van der Waals surface area (Å²) in [4.78, 5) is 11.9. The Morgan fingerprint density at radius 1 is 1.00 bits per heavy atom. The highest BCUT2D eigenvalue weighted by Gasteiger charge is 2.10.